The van der Waals surface area contributed by atoms with Gasteiger partial charge in [0.15, 0.2) is 0 Å². The van der Waals surface area contributed by atoms with E-state index in [2.05, 4.69) is 51.3 Å². The summed E-state index contributed by atoms with van der Waals surface area (Å²) in [6, 6.07) is 6.45. The van der Waals surface area contributed by atoms with E-state index in [1.54, 1.807) is 0 Å². The SMILES string of the molecule is Cc1ccc(NCCN2CCCCC2)cc1Br. The minimum absolute atomic E-state index is 1.04. The van der Waals surface area contributed by atoms with Crippen LogP contribution in [0.2, 0.25) is 0 Å². The van der Waals surface area contributed by atoms with Gasteiger partial charge in [-0.1, -0.05) is 28.4 Å². The van der Waals surface area contributed by atoms with E-state index in [1.165, 1.54) is 48.1 Å². The van der Waals surface area contributed by atoms with Crippen LogP contribution in [0.3, 0.4) is 0 Å². The number of piperidine rings is 1. The predicted molar refractivity (Wildman–Crippen MR) is 77.7 cm³/mol. The Morgan fingerprint density at radius 3 is 2.71 bits per heavy atom. The van der Waals surface area contributed by atoms with Crippen molar-refractivity contribution in [2.24, 2.45) is 0 Å². The number of likely N-dealkylation sites (tertiary alicyclic amines) is 1. The van der Waals surface area contributed by atoms with Gasteiger partial charge < -0.3 is 10.2 Å². The molecular formula is C14H21BrN2. The van der Waals surface area contributed by atoms with E-state index in [-0.39, 0.29) is 0 Å². The van der Waals surface area contributed by atoms with Gasteiger partial charge in [0.25, 0.3) is 0 Å². The molecule has 1 aliphatic rings. The van der Waals surface area contributed by atoms with Gasteiger partial charge in [0.1, 0.15) is 0 Å². The highest BCUT2D eigenvalue weighted by Crippen LogP contribution is 2.20. The number of benzene rings is 1. The van der Waals surface area contributed by atoms with Crippen LogP contribution < -0.4 is 5.32 Å². The van der Waals surface area contributed by atoms with Gasteiger partial charge in [-0.2, -0.15) is 0 Å². The Labute approximate surface area is 113 Å². The molecule has 1 aliphatic heterocycles. The van der Waals surface area contributed by atoms with Gasteiger partial charge in [0.05, 0.1) is 0 Å². The quantitative estimate of drug-likeness (QED) is 0.912. The fourth-order valence-electron chi connectivity index (χ4n) is 2.24. The lowest BCUT2D eigenvalue weighted by Gasteiger charge is -2.26. The average Bonchev–Trinajstić information content (AvgIpc) is 2.35. The second-order valence-electron chi connectivity index (χ2n) is 4.79. The third kappa shape index (κ3) is 4.00. The van der Waals surface area contributed by atoms with Crippen molar-refractivity contribution in [2.75, 3.05) is 31.5 Å². The maximum Gasteiger partial charge on any atom is 0.0352 e. The highest BCUT2D eigenvalue weighted by atomic mass is 79.9. The Hall–Kier alpha value is -0.540. The summed E-state index contributed by atoms with van der Waals surface area (Å²) in [5.41, 5.74) is 2.49. The van der Waals surface area contributed by atoms with E-state index >= 15 is 0 Å². The summed E-state index contributed by atoms with van der Waals surface area (Å²) in [7, 11) is 0. The van der Waals surface area contributed by atoms with Crippen molar-refractivity contribution in [3.8, 4) is 0 Å². The molecule has 2 nitrogen and oxygen atoms in total. The molecule has 0 spiro atoms. The second-order valence-corrected chi connectivity index (χ2v) is 5.65. The third-order valence-electron chi connectivity index (χ3n) is 3.38. The summed E-state index contributed by atoms with van der Waals surface area (Å²) in [5.74, 6) is 0. The van der Waals surface area contributed by atoms with E-state index in [0.29, 0.717) is 0 Å². The van der Waals surface area contributed by atoms with Crippen LogP contribution >= 0.6 is 15.9 Å². The van der Waals surface area contributed by atoms with Crippen molar-refractivity contribution < 1.29 is 0 Å². The number of halogens is 1. The zero-order chi connectivity index (χ0) is 12.1. The first kappa shape index (κ1) is 12.9. The average molecular weight is 297 g/mol. The Morgan fingerprint density at radius 1 is 1.24 bits per heavy atom. The fourth-order valence-corrected chi connectivity index (χ4v) is 2.62. The number of aryl methyl sites for hydroxylation is 1. The van der Waals surface area contributed by atoms with Gasteiger partial charge in [0.2, 0.25) is 0 Å². The van der Waals surface area contributed by atoms with E-state index in [9.17, 15) is 0 Å². The highest BCUT2D eigenvalue weighted by molar-refractivity contribution is 9.10. The van der Waals surface area contributed by atoms with E-state index in [1.807, 2.05) is 0 Å². The van der Waals surface area contributed by atoms with Gasteiger partial charge in [-0.05, 0) is 50.6 Å². The molecule has 0 atom stereocenters. The molecule has 0 aliphatic carbocycles. The predicted octanol–water partition coefficient (Wildman–Crippen LogP) is 3.66. The first-order valence-corrected chi connectivity index (χ1v) is 7.27. The molecule has 1 saturated heterocycles. The number of anilines is 1. The normalized spacial score (nSPS) is 17.1. The van der Waals surface area contributed by atoms with Gasteiger partial charge in [-0.3, -0.25) is 0 Å². The molecule has 2 rings (SSSR count). The molecular weight excluding hydrogens is 276 g/mol. The third-order valence-corrected chi connectivity index (χ3v) is 4.23. The van der Waals surface area contributed by atoms with E-state index in [4.69, 9.17) is 0 Å². The molecule has 0 bridgehead atoms. The maximum absolute atomic E-state index is 3.56. The van der Waals surface area contributed by atoms with E-state index < -0.39 is 0 Å². The molecule has 0 radical (unpaired) electrons. The molecule has 17 heavy (non-hydrogen) atoms. The molecule has 1 aromatic carbocycles. The Morgan fingerprint density at radius 2 is 2.00 bits per heavy atom. The van der Waals surface area contributed by atoms with Crippen LogP contribution in [0.4, 0.5) is 5.69 Å². The molecule has 1 heterocycles. The van der Waals surface area contributed by atoms with Crippen LogP contribution in [-0.2, 0) is 0 Å². The monoisotopic (exact) mass is 296 g/mol. The molecule has 1 aromatic rings. The van der Waals surface area contributed by atoms with Crippen LogP contribution in [0.5, 0.6) is 0 Å². The molecule has 0 saturated carbocycles. The number of nitrogens with one attached hydrogen (secondary N) is 1. The zero-order valence-corrected chi connectivity index (χ0v) is 12.1. The van der Waals surface area contributed by atoms with Crippen molar-refractivity contribution in [1.82, 2.24) is 4.90 Å². The molecule has 94 valence electrons. The number of rotatable bonds is 4. The van der Waals surface area contributed by atoms with Gasteiger partial charge in [-0.25, -0.2) is 0 Å². The summed E-state index contributed by atoms with van der Waals surface area (Å²) in [6.45, 7) is 6.86. The molecule has 0 unspecified atom stereocenters. The first-order chi connectivity index (χ1) is 8.25. The Kier molecular flexibility index (Phi) is 4.86. The topological polar surface area (TPSA) is 15.3 Å². The van der Waals surface area contributed by atoms with Crippen LogP contribution in [0.1, 0.15) is 24.8 Å². The fraction of sp³-hybridized carbons (Fsp3) is 0.571. The van der Waals surface area contributed by atoms with Crippen molar-refractivity contribution in [3.05, 3.63) is 28.2 Å². The summed E-state index contributed by atoms with van der Waals surface area (Å²) < 4.78 is 1.18. The van der Waals surface area contributed by atoms with Crippen LogP contribution in [0.15, 0.2) is 22.7 Å². The lowest BCUT2D eigenvalue weighted by atomic mass is 10.1. The first-order valence-electron chi connectivity index (χ1n) is 6.48. The Bertz CT molecular complexity index is 359. The van der Waals surface area contributed by atoms with Crippen LogP contribution in [0, 0.1) is 6.92 Å². The molecule has 3 heteroatoms. The van der Waals surface area contributed by atoms with Crippen LogP contribution in [-0.4, -0.2) is 31.1 Å². The number of hydrogen-bond donors (Lipinski definition) is 1. The van der Waals surface area contributed by atoms with Gasteiger partial charge in [0, 0.05) is 23.2 Å². The zero-order valence-electron chi connectivity index (χ0n) is 10.5. The van der Waals surface area contributed by atoms with Gasteiger partial charge >= 0.3 is 0 Å². The number of nitrogens with zero attached hydrogens (tertiary/aromatic N) is 1. The largest absolute Gasteiger partial charge is 0.384 e. The lowest BCUT2D eigenvalue weighted by Crippen LogP contribution is -2.33. The lowest BCUT2D eigenvalue weighted by molar-refractivity contribution is 0.237. The summed E-state index contributed by atoms with van der Waals surface area (Å²) >= 11 is 3.56. The summed E-state index contributed by atoms with van der Waals surface area (Å²) in [6.07, 6.45) is 4.15. The minimum Gasteiger partial charge on any atom is -0.384 e. The van der Waals surface area contributed by atoms with Crippen molar-refractivity contribution in [2.45, 2.75) is 26.2 Å². The standard InChI is InChI=1S/C14H21BrN2/c1-12-5-6-13(11-14(12)15)16-7-10-17-8-3-2-4-9-17/h5-6,11,16H,2-4,7-10H2,1H3. The maximum atomic E-state index is 3.56. The van der Waals surface area contributed by atoms with Crippen LogP contribution in [0.25, 0.3) is 0 Å². The minimum atomic E-state index is 1.04. The molecule has 1 N–H and O–H groups in total. The van der Waals surface area contributed by atoms with Crippen molar-refractivity contribution in [1.29, 1.82) is 0 Å². The second kappa shape index (κ2) is 6.41. The highest BCUT2D eigenvalue weighted by Gasteiger charge is 2.08. The van der Waals surface area contributed by atoms with Crippen molar-refractivity contribution in [3.63, 3.8) is 0 Å². The summed E-state index contributed by atoms with van der Waals surface area (Å²) in [5, 5.41) is 3.49. The molecule has 1 fully saturated rings. The summed E-state index contributed by atoms with van der Waals surface area (Å²) in [4.78, 5) is 2.56. The molecule has 0 aromatic heterocycles. The molecule has 0 amide bonds. The Balaban J connectivity index is 1.75. The van der Waals surface area contributed by atoms with Crippen molar-refractivity contribution >= 4 is 21.6 Å². The van der Waals surface area contributed by atoms with Gasteiger partial charge in [-0.15, -0.1) is 0 Å². The smallest absolute Gasteiger partial charge is 0.0352 e. The number of hydrogen-bond acceptors (Lipinski definition) is 2. The van der Waals surface area contributed by atoms with E-state index in [0.717, 1.165) is 13.1 Å².